The number of hydrogen-bond donors (Lipinski definition) is 0. The zero-order chi connectivity index (χ0) is 13.1. The zero-order valence-electron chi connectivity index (χ0n) is 10.8. The van der Waals surface area contributed by atoms with Gasteiger partial charge in [-0.2, -0.15) is 0 Å². The minimum atomic E-state index is 0.340. The molecule has 0 aliphatic carbocycles. The van der Waals surface area contributed by atoms with Crippen molar-refractivity contribution >= 4 is 11.6 Å². The number of hydrogen-bond acceptors (Lipinski definition) is 3. The third-order valence-corrected chi connectivity index (χ3v) is 3.11. The van der Waals surface area contributed by atoms with Crippen molar-refractivity contribution in [2.75, 3.05) is 0 Å². The van der Waals surface area contributed by atoms with E-state index < -0.39 is 0 Å². The van der Waals surface area contributed by atoms with Crippen LogP contribution >= 0.6 is 11.6 Å². The quantitative estimate of drug-likeness (QED) is 0.793. The molecule has 3 nitrogen and oxygen atoms in total. The standard InChI is InChI=1S/C14H16ClN3/c1-9(2)13-10(3)17-12(18-14(13)15)8-11-4-6-16-7-5-11/h4-7,9H,8H2,1-3H3. The summed E-state index contributed by atoms with van der Waals surface area (Å²) in [7, 11) is 0. The van der Waals surface area contributed by atoms with Crippen LogP contribution in [0, 0.1) is 6.92 Å². The number of nitrogens with zero attached hydrogens (tertiary/aromatic N) is 3. The fourth-order valence-electron chi connectivity index (χ4n) is 2.02. The number of aryl methyl sites for hydroxylation is 1. The maximum atomic E-state index is 6.23. The third kappa shape index (κ3) is 2.85. The summed E-state index contributed by atoms with van der Waals surface area (Å²) in [6.07, 6.45) is 4.22. The van der Waals surface area contributed by atoms with Gasteiger partial charge in [0.2, 0.25) is 0 Å². The fourth-order valence-corrected chi connectivity index (χ4v) is 2.47. The second-order valence-electron chi connectivity index (χ2n) is 4.62. The Morgan fingerprint density at radius 2 is 1.83 bits per heavy atom. The molecule has 2 aromatic heterocycles. The van der Waals surface area contributed by atoms with Crippen molar-refractivity contribution < 1.29 is 0 Å². The average Bonchev–Trinajstić information content (AvgIpc) is 2.28. The Bertz CT molecular complexity index is 515. The molecule has 0 unspecified atom stereocenters. The molecule has 94 valence electrons. The molecule has 2 aromatic rings. The zero-order valence-corrected chi connectivity index (χ0v) is 11.6. The van der Waals surface area contributed by atoms with Crippen molar-refractivity contribution in [1.82, 2.24) is 15.0 Å². The van der Waals surface area contributed by atoms with Crippen LogP contribution in [-0.4, -0.2) is 15.0 Å². The van der Waals surface area contributed by atoms with Crippen LogP contribution in [0.3, 0.4) is 0 Å². The molecule has 2 heterocycles. The van der Waals surface area contributed by atoms with Crippen LogP contribution in [0.1, 0.15) is 42.4 Å². The van der Waals surface area contributed by atoms with Gasteiger partial charge in [-0.15, -0.1) is 0 Å². The molecule has 0 saturated heterocycles. The largest absolute Gasteiger partial charge is 0.265 e. The molecule has 2 rings (SSSR count). The second kappa shape index (κ2) is 5.44. The highest BCUT2D eigenvalue weighted by molar-refractivity contribution is 6.30. The van der Waals surface area contributed by atoms with Gasteiger partial charge in [-0.25, -0.2) is 9.97 Å². The van der Waals surface area contributed by atoms with Crippen LogP contribution in [0.15, 0.2) is 24.5 Å². The molecular formula is C14H16ClN3. The van der Waals surface area contributed by atoms with E-state index >= 15 is 0 Å². The lowest BCUT2D eigenvalue weighted by molar-refractivity contribution is 0.810. The Balaban J connectivity index is 2.31. The first-order chi connectivity index (χ1) is 8.58. The van der Waals surface area contributed by atoms with E-state index in [-0.39, 0.29) is 0 Å². The monoisotopic (exact) mass is 261 g/mol. The first-order valence-electron chi connectivity index (χ1n) is 5.99. The average molecular weight is 262 g/mol. The topological polar surface area (TPSA) is 38.7 Å². The van der Waals surface area contributed by atoms with E-state index in [0.717, 1.165) is 22.6 Å². The van der Waals surface area contributed by atoms with E-state index in [4.69, 9.17) is 11.6 Å². The van der Waals surface area contributed by atoms with Gasteiger partial charge in [0.1, 0.15) is 11.0 Å². The molecule has 0 spiro atoms. The Morgan fingerprint density at radius 3 is 2.39 bits per heavy atom. The van der Waals surface area contributed by atoms with Gasteiger partial charge in [0, 0.05) is 30.1 Å². The molecule has 0 fully saturated rings. The number of pyridine rings is 1. The normalized spacial score (nSPS) is 10.9. The molecule has 0 N–H and O–H groups in total. The minimum Gasteiger partial charge on any atom is -0.265 e. The summed E-state index contributed by atoms with van der Waals surface area (Å²) in [5.74, 6) is 1.10. The molecule has 0 aliphatic rings. The molecule has 0 aliphatic heterocycles. The number of aromatic nitrogens is 3. The lowest BCUT2D eigenvalue weighted by atomic mass is 10.0. The smallest absolute Gasteiger partial charge is 0.136 e. The first-order valence-corrected chi connectivity index (χ1v) is 6.37. The van der Waals surface area contributed by atoms with E-state index in [9.17, 15) is 0 Å². The van der Waals surface area contributed by atoms with Gasteiger partial charge < -0.3 is 0 Å². The first kappa shape index (κ1) is 13.0. The highest BCUT2D eigenvalue weighted by Crippen LogP contribution is 2.25. The van der Waals surface area contributed by atoms with Crippen molar-refractivity contribution in [3.8, 4) is 0 Å². The van der Waals surface area contributed by atoms with E-state index in [1.165, 1.54) is 0 Å². The molecule has 0 bridgehead atoms. The van der Waals surface area contributed by atoms with Crippen molar-refractivity contribution in [2.24, 2.45) is 0 Å². The van der Waals surface area contributed by atoms with Crippen LogP contribution in [0.5, 0.6) is 0 Å². The molecule has 0 saturated carbocycles. The van der Waals surface area contributed by atoms with Gasteiger partial charge in [-0.3, -0.25) is 4.98 Å². The highest BCUT2D eigenvalue weighted by Gasteiger charge is 2.13. The van der Waals surface area contributed by atoms with Crippen LogP contribution in [0.4, 0.5) is 0 Å². The van der Waals surface area contributed by atoms with Crippen molar-refractivity contribution in [3.63, 3.8) is 0 Å². The predicted molar refractivity (Wildman–Crippen MR) is 72.9 cm³/mol. The highest BCUT2D eigenvalue weighted by atomic mass is 35.5. The second-order valence-corrected chi connectivity index (χ2v) is 4.97. The number of rotatable bonds is 3. The molecule has 18 heavy (non-hydrogen) atoms. The van der Waals surface area contributed by atoms with Gasteiger partial charge in [0.05, 0.1) is 0 Å². The summed E-state index contributed by atoms with van der Waals surface area (Å²) in [5.41, 5.74) is 3.14. The van der Waals surface area contributed by atoms with Gasteiger partial charge >= 0.3 is 0 Å². The summed E-state index contributed by atoms with van der Waals surface area (Å²) in [4.78, 5) is 12.9. The van der Waals surface area contributed by atoms with Crippen LogP contribution in [0.25, 0.3) is 0 Å². The predicted octanol–water partition coefficient (Wildman–Crippen LogP) is 3.55. The third-order valence-electron chi connectivity index (χ3n) is 2.82. The molecule has 0 amide bonds. The molecule has 0 atom stereocenters. The van der Waals surface area contributed by atoms with Crippen LogP contribution in [-0.2, 0) is 6.42 Å². The number of halogens is 1. The van der Waals surface area contributed by atoms with E-state index in [0.29, 0.717) is 17.5 Å². The maximum absolute atomic E-state index is 6.23. The van der Waals surface area contributed by atoms with Crippen molar-refractivity contribution in [3.05, 3.63) is 52.3 Å². The lowest BCUT2D eigenvalue weighted by Gasteiger charge is -2.12. The summed E-state index contributed by atoms with van der Waals surface area (Å²) in [5, 5.41) is 0.571. The fraction of sp³-hybridized carbons (Fsp3) is 0.357. The summed E-state index contributed by atoms with van der Waals surface area (Å²) in [6, 6.07) is 3.92. The molecule has 0 aromatic carbocycles. The Morgan fingerprint density at radius 1 is 1.17 bits per heavy atom. The maximum Gasteiger partial charge on any atom is 0.136 e. The summed E-state index contributed by atoms with van der Waals surface area (Å²) >= 11 is 6.23. The van der Waals surface area contributed by atoms with Gasteiger partial charge in [-0.05, 0) is 30.5 Å². The van der Waals surface area contributed by atoms with E-state index in [2.05, 4.69) is 28.8 Å². The van der Waals surface area contributed by atoms with Gasteiger partial charge in [0.15, 0.2) is 0 Å². The molecular weight excluding hydrogens is 246 g/mol. The molecule has 4 heteroatoms. The Kier molecular flexibility index (Phi) is 3.92. The summed E-state index contributed by atoms with van der Waals surface area (Å²) < 4.78 is 0. The Hall–Kier alpha value is -1.48. The van der Waals surface area contributed by atoms with E-state index in [1.54, 1.807) is 12.4 Å². The van der Waals surface area contributed by atoms with E-state index in [1.807, 2.05) is 19.1 Å². The summed E-state index contributed by atoms with van der Waals surface area (Å²) in [6.45, 7) is 6.18. The van der Waals surface area contributed by atoms with Crippen LogP contribution < -0.4 is 0 Å². The van der Waals surface area contributed by atoms with Crippen molar-refractivity contribution in [1.29, 1.82) is 0 Å². The van der Waals surface area contributed by atoms with Gasteiger partial charge in [-0.1, -0.05) is 25.4 Å². The van der Waals surface area contributed by atoms with Crippen molar-refractivity contribution in [2.45, 2.75) is 33.1 Å². The Labute approximate surface area is 112 Å². The molecule has 0 radical (unpaired) electrons. The minimum absolute atomic E-state index is 0.340. The lowest BCUT2D eigenvalue weighted by Crippen LogP contribution is -2.05. The SMILES string of the molecule is Cc1nc(Cc2ccncc2)nc(Cl)c1C(C)C. The van der Waals surface area contributed by atoms with Crippen LogP contribution in [0.2, 0.25) is 5.15 Å². The van der Waals surface area contributed by atoms with Gasteiger partial charge in [0.25, 0.3) is 0 Å².